The first kappa shape index (κ1) is 15.8. The summed E-state index contributed by atoms with van der Waals surface area (Å²) in [5.41, 5.74) is 2.51. The summed E-state index contributed by atoms with van der Waals surface area (Å²) >= 11 is 0. The summed E-state index contributed by atoms with van der Waals surface area (Å²) in [7, 11) is 1.88. The number of benzene rings is 1. The van der Waals surface area contributed by atoms with E-state index in [0.717, 1.165) is 19.5 Å². The molecule has 1 aliphatic rings. The number of likely N-dealkylation sites (N-methyl/N-ethyl adjacent to an activating group) is 1. The molecule has 0 spiro atoms. The van der Waals surface area contributed by atoms with Crippen molar-refractivity contribution in [2.75, 3.05) is 31.6 Å². The Morgan fingerprint density at radius 2 is 2.14 bits per heavy atom. The standard InChI is InChI=1S/C17H27N3O/c1-5-18-15-10-11-20(12-17(21)19(4)13(2)3)16-9-7-6-8-14(15)16/h6-9,13,15,18H,5,10-12H2,1-4H3. The Bertz CT molecular complexity index is 487. The van der Waals surface area contributed by atoms with Crippen LogP contribution in [0.5, 0.6) is 0 Å². The fraction of sp³-hybridized carbons (Fsp3) is 0.588. The van der Waals surface area contributed by atoms with E-state index in [0.29, 0.717) is 12.6 Å². The number of hydrogen-bond acceptors (Lipinski definition) is 3. The minimum absolute atomic E-state index is 0.182. The Morgan fingerprint density at radius 1 is 1.43 bits per heavy atom. The van der Waals surface area contributed by atoms with Gasteiger partial charge in [0, 0.05) is 31.4 Å². The van der Waals surface area contributed by atoms with Crippen molar-refractivity contribution < 1.29 is 4.79 Å². The fourth-order valence-electron chi connectivity index (χ4n) is 2.82. The van der Waals surface area contributed by atoms with Gasteiger partial charge in [0.1, 0.15) is 0 Å². The second kappa shape index (κ2) is 6.94. The molecule has 1 atom stereocenters. The van der Waals surface area contributed by atoms with Crippen molar-refractivity contribution in [3.63, 3.8) is 0 Å². The van der Waals surface area contributed by atoms with Crippen LogP contribution in [0.25, 0.3) is 0 Å². The van der Waals surface area contributed by atoms with Crippen molar-refractivity contribution >= 4 is 11.6 Å². The highest BCUT2D eigenvalue weighted by atomic mass is 16.2. The van der Waals surface area contributed by atoms with Gasteiger partial charge in [-0.15, -0.1) is 0 Å². The molecule has 2 rings (SSSR count). The zero-order valence-electron chi connectivity index (χ0n) is 13.6. The predicted molar refractivity (Wildman–Crippen MR) is 87.6 cm³/mol. The van der Waals surface area contributed by atoms with Crippen LogP contribution in [-0.2, 0) is 4.79 Å². The number of rotatable bonds is 5. The highest BCUT2D eigenvalue weighted by Crippen LogP contribution is 2.33. The lowest BCUT2D eigenvalue weighted by Gasteiger charge is -2.36. The van der Waals surface area contributed by atoms with E-state index in [1.807, 2.05) is 25.8 Å². The zero-order chi connectivity index (χ0) is 15.4. The number of hydrogen-bond donors (Lipinski definition) is 1. The molecule has 1 aromatic rings. The highest BCUT2D eigenvalue weighted by molar-refractivity contribution is 5.82. The number of para-hydroxylation sites is 1. The molecule has 1 amide bonds. The third-order valence-electron chi connectivity index (χ3n) is 4.29. The molecule has 0 saturated heterocycles. The van der Waals surface area contributed by atoms with E-state index in [1.165, 1.54) is 11.3 Å². The first-order chi connectivity index (χ1) is 10.0. The predicted octanol–water partition coefficient (Wildman–Crippen LogP) is 2.41. The third-order valence-corrected chi connectivity index (χ3v) is 4.29. The first-order valence-corrected chi connectivity index (χ1v) is 7.87. The lowest BCUT2D eigenvalue weighted by Crippen LogP contribution is -2.44. The number of nitrogens with one attached hydrogen (secondary N) is 1. The molecule has 21 heavy (non-hydrogen) atoms. The molecule has 0 bridgehead atoms. The zero-order valence-corrected chi connectivity index (χ0v) is 13.6. The molecule has 0 aromatic heterocycles. The van der Waals surface area contributed by atoms with Crippen molar-refractivity contribution in [3.05, 3.63) is 29.8 Å². The molecule has 1 heterocycles. The maximum Gasteiger partial charge on any atom is 0.242 e. The van der Waals surface area contributed by atoms with Gasteiger partial charge in [-0.3, -0.25) is 4.79 Å². The van der Waals surface area contributed by atoms with Crippen molar-refractivity contribution in [2.45, 2.75) is 39.3 Å². The maximum absolute atomic E-state index is 12.3. The van der Waals surface area contributed by atoms with E-state index in [-0.39, 0.29) is 11.9 Å². The number of nitrogens with zero attached hydrogens (tertiary/aromatic N) is 2. The lowest BCUT2D eigenvalue weighted by molar-refractivity contribution is -0.129. The van der Waals surface area contributed by atoms with Crippen LogP contribution in [0.2, 0.25) is 0 Å². The Morgan fingerprint density at radius 3 is 2.81 bits per heavy atom. The molecular formula is C17H27N3O. The van der Waals surface area contributed by atoms with Crippen LogP contribution in [0.1, 0.15) is 38.8 Å². The first-order valence-electron chi connectivity index (χ1n) is 7.87. The normalized spacial score (nSPS) is 17.8. The van der Waals surface area contributed by atoms with E-state index in [9.17, 15) is 4.79 Å². The summed E-state index contributed by atoms with van der Waals surface area (Å²) in [4.78, 5) is 16.4. The van der Waals surface area contributed by atoms with Crippen molar-refractivity contribution in [2.24, 2.45) is 0 Å². The Labute approximate surface area is 128 Å². The second-order valence-corrected chi connectivity index (χ2v) is 5.98. The minimum atomic E-state index is 0.182. The van der Waals surface area contributed by atoms with E-state index in [1.54, 1.807) is 0 Å². The minimum Gasteiger partial charge on any atom is -0.362 e. The lowest BCUT2D eigenvalue weighted by atomic mass is 9.96. The molecule has 0 aliphatic carbocycles. The quantitative estimate of drug-likeness (QED) is 0.904. The van der Waals surface area contributed by atoms with Crippen LogP contribution in [0.3, 0.4) is 0 Å². The molecule has 1 aliphatic heterocycles. The fourth-order valence-corrected chi connectivity index (χ4v) is 2.82. The molecule has 116 valence electrons. The van der Waals surface area contributed by atoms with Gasteiger partial charge in [-0.05, 0) is 38.4 Å². The maximum atomic E-state index is 12.3. The van der Waals surface area contributed by atoms with Gasteiger partial charge in [0.15, 0.2) is 0 Å². The monoisotopic (exact) mass is 289 g/mol. The van der Waals surface area contributed by atoms with E-state index in [4.69, 9.17) is 0 Å². The molecule has 0 fully saturated rings. The van der Waals surface area contributed by atoms with Crippen LogP contribution in [-0.4, -0.2) is 43.5 Å². The van der Waals surface area contributed by atoms with Crippen LogP contribution in [0, 0.1) is 0 Å². The molecular weight excluding hydrogens is 262 g/mol. The number of carbonyl (C=O) groups is 1. The van der Waals surface area contributed by atoms with Gasteiger partial charge in [-0.25, -0.2) is 0 Å². The molecule has 1 aromatic carbocycles. The smallest absolute Gasteiger partial charge is 0.242 e. The van der Waals surface area contributed by atoms with Gasteiger partial charge in [0.25, 0.3) is 0 Å². The van der Waals surface area contributed by atoms with Gasteiger partial charge < -0.3 is 15.1 Å². The van der Waals surface area contributed by atoms with E-state index in [2.05, 4.69) is 41.4 Å². The number of carbonyl (C=O) groups excluding carboxylic acids is 1. The van der Waals surface area contributed by atoms with Gasteiger partial charge in [-0.2, -0.15) is 0 Å². The molecule has 0 radical (unpaired) electrons. The summed E-state index contributed by atoms with van der Waals surface area (Å²) in [6.45, 7) is 8.58. The average Bonchev–Trinajstić information content (AvgIpc) is 2.49. The van der Waals surface area contributed by atoms with Crippen molar-refractivity contribution in [1.29, 1.82) is 0 Å². The second-order valence-electron chi connectivity index (χ2n) is 5.98. The van der Waals surface area contributed by atoms with Crippen molar-refractivity contribution in [3.8, 4) is 0 Å². The van der Waals surface area contributed by atoms with Crippen LogP contribution in [0.15, 0.2) is 24.3 Å². The third kappa shape index (κ3) is 3.56. The van der Waals surface area contributed by atoms with Crippen LogP contribution < -0.4 is 10.2 Å². The summed E-state index contributed by atoms with van der Waals surface area (Å²) in [5.74, 6) is 0.182. The van der Waals surface area contributed by atoms with Gasteiger partial charge >= 0.3 is 0 Å². The molecule has 1 N–H and O–H groups in total. The summed E-state index contributed by atoms with van der Waals surface area (Å²) in [5, 5.41) is 3.53. The van der Waals surface area contributed by atoms with Gasteiger partial charge in [0.05, 0.1) is 6.54 Å². The van der Waals surface area contributed by atoms with Gasteiger partial charge in [-0.1, -0.05) is 25.1 Å². The SMILES string of the molecule is CCNC1CCN(CC(=O)N(C)C(C)C)c2ccccc21. The average molecular weight is 289 g/mol. The highest BCUT2D eigenvalue weighted by Gasteiger charge is 2.26. The Hall–Kier alpha value is -1.55. The molecule has 1 unspecified atom stereocenters. The summed E-state index contributed by atoms with van der Waals surface area (Å²) < 4.78 is 0. The van der Waals surface area contributed by atoms with Gasteiger partial charge in [0.2, 0.25) is 5.91 Å². The Balaban J connectivity index is 2.15. The van der Waals surface area contributed by atoms with Crippen molar-refractivity contribution in [1.82, 2.24) is 10.2 Å². The summed E-state index contributed by atoms with van der Waals surface area (Å²) in [6, 6.07) is 9.07. The largest absolute Gasteiger partial charge is 0.362 e. The van der Waals surface area contributed by atoms with Crippen LogP contribution in [0.4, 0.5) is 5.69 Å². The van der Waals surface area contributed by atoms with E-state index < -0.39 is 0 Å². The number of amides is 1. The van der Waals surface area contributed by atoms with Crippen LogP contribution >= 0.6 is 0 Å². The topological polar surface area (TPSA) is 35.6 Å². The molecule has 0 saturated carbocycles. The number of fused-ring (bicyclic) bond motifs is 1. The Kier molecular flexibility index (Phi) is 5.23. The van der Waals surface area contributed by atoms with E-state index >= 15 is 0 Å². The molecule has 4 heteroatoms. The molecule has 4 nitrogen and oxygen atoms in total. The summed E-state index contributed by atoms with van der Waals surface area (Å²) in [6.07, 6.45) is 1.05. The number of anilines is 1.